The van der Waals surface area contributed by atoms with Crippen molar-refractivity contribution in [1.82, 2.24) is 10.6 Å². The molecule has 1 aliphatic heterocycles. The van der Waals surface area contributed by atoms with Gasteiger partial charge in [0.05, 0.1) is 30.4 Å². The third-order valence-electron chi connectivity index (χ3n) is 4.65. The summed E-state index contributed by atoms with van der Waals surface area (Å²) in [6, 6.07) is 9.34. The van der Waals surface area contributed by atoms with E-state index < -0.39 is 18.0 Å². The van der Waals surface area contributed by atoms with Crippen molar-refractivity contribution in [3.63, 3.8) is 0 Å². The molecule has 0 aliphatic carbocycles. The molecule has 1 aliphatic rings. The van der Waals surface area contributed by atoms with Gasteiger partial charge in [-0.1, -0.05) is 35.3 Å². The molecule has 0 spiro atoms. The predicted molar refractivity (Wildman–Crippen MR) is 118 cm³/mol. The van der Waals surface area contributed by atoms with Crippen molar-refractivity contribution in [3.05, 3.63) is 68.8 Å². The standard InChI is InChI=1S/C22H22Cl2N2O5/c1-4-30-21(27)18-12(2)25-22(28)26-19(18)14-9-16(24)20(17(10-14)29-3)31-11-13-5-7-15(23)8-6-13/h5-10,19H,4,11H2,1-3H3,(H2,25,26,28)/t19-/m1/s1. The number of ether oxygens (including phenoxy) is 3. The lowest BCUT2D eigenvalue weighted by Crippen LogP contribution is -2.45. The van der Waals surface area contributed by atoms with E-state index in [1.165, 1.54) is 7.11 Å². The number of esters is 1. The molecular formula is C22H22Cl2N2O5. The molecule has 7 nitrogen and oxygen atoms in total. The number of hydrogen-bond acceptors (Lipinski definition) is 5. The monoisotopic (exact) mass is 464 g/mol. The number of benzene rings is 2. The summed E-state index contributed by atoms with van der Waals surface area (Å²) in [5, 5.41) is 6.24. The number of carbonyl (C=O) groups excluding carboxylic acids is 2. The molecular weight excluding hydrogens is 443 g/mol. The van der Waals surface area contributed by atoms with Crippen LogP contribution in [0, 0.1) is 0 Å². The molecule has 0 aromatic heterocycles. The number of hydrogen-bond donors (Lipinski definition) is 2. The second-order valence-electron chi connectivity index (χ2n) is 6.74. The van der Waals surface area contributed by atoms with Crippen molar-refractivity contribution in [1.29, 1.82) is 0 Å². The quantitative estimate of drug-likeness (QED) is 0.576. The van der Waals surface area contributed by atoms with E-state index in [1.54, 1.807) is 38.1 Å². The molecule has 1 heterocycles. The molecule has 0 fully saturated rings. The first-order valence-electron chi connectivity index (χ1n) is 9.54. The summed E-state index contributed by atoms with van der Waals surface area (Å²) in [6.45, 7) is 3.81. The smallest absolute Gasteiger partial charge is 0.338 e. The SMILES string of the molecule is CCOC(=O)C1=C(C)NC(=O)N[C@@H]1c1cc(Cl)c(OCc2ccc(Cl)cc2)c(OC)c1. The van der Waals surface area contributed by atoms with Crippen LogP contribution in [0.25, 0.3) is 0 Å². The first-order valence-corrected chi connectivity index (χ1v) is 10.3. The van der Waals surface area contributed by atoms with Crippen molar-refractivity contribution in [2.24, 2.45) is 0 Å². The highest BCUT2D eigenvalue weighted by atomic mass is 35.5. The number of carbonyl (C=O) groups is 2. The van der Waals surface area contributed by atoms with Crippen LogP contribution in [0.3, 0.4) is 0 Å². The minimum atomic E-state index is -0.760. The second kappa shape index (κ2) is 9.94. The Bertz CT molecular complexity index is 1020. The number of urea groups is 1. The van der Waals surface area contributed by atoms with Gasteiger partial charge in [0, 0.05) is 10.7 Å². The van der Waals surface area contributed by atoms with Gasteiger partial charge in [-0.2, -0.15) is 0 Å². The molecule has 2 amide bonds. The van der Waals surface area contributed by atoms with Gasteiger partial charge in [0.15, 0.2) is 11.5 Å². The van der Waals surface area contributed by atoms with Gasteiger partial charge in [-0.25, -0.2) is 9.59 Å². The Morgan fingerprint density at radius 2 is 1.87 bits per heavy atom. The normalized spacial score (nSPS) is 15.8. The predicted octanol–water partition coefficient (Wildman–Crippen LogP) is 4.77. The van der Waals surface area contributed by atoms with Crippen LogP contribution >= 0.6 is 23.2 Å². The van der Waals surface area contributed by atoms with Crippen molar-refractivity contribution in [2.45, 2.75) is 26.5 Å². The molecule has 164 valence electrons. The lowest BCUT2D eigenvalue weighted by molar-refractivity contribution is -0.139. The van der Waals surface area contributed by atoms with Crippen LogP contribution < -0.4 is 20.1 Å². The van der Waals surface area contributed by atoms with E-state index in [0.29, 0.717) is 27.8 Å². The Morgan fingerprint density at radius 3 is 2.52 bits per heavy atom. The number of allylic oxidation sites excluding steroid dienone is 1. The number of methoxy groups -OCH3 is 1. The van der Waals surface area contributed by atoms with E-state index in [4.69, 9.17) is 37.4 Å². The van der Waals surface area contributed by atoms with Gasteiger partial charge >= 0.3 is 12.0 Å². The van der Waals surface area contributed by atoms with Crippen LogP contribution in [0.2, 0.25) is 10.0 Å². The average molecular weight is 465 g/mol. The van der Waals surface area contributed by atoms with E-state index in [0.717, 1.165) is 5.56 Å². The van der Waals surface area contributed by atoms with Crippen LogP contribution in [0.15, 0.2) is 47.7 Å². The number of nitrogens with one attached hydrogen (secondary N) is 2. The van der Waals surface area contributed by atoms with Gasteiger partial charge in [0.25, 0.3) is 0 Å². The third-order valence-corrected chi connectivity index (χ3v) is 5.18. The third kappa shape index (κ3) is 5.24. The van der Waals surface area contributed by atoms with E-state index >= 15 is 0 Å². The van der Waals surface area contributed by atoms with E-state index in [2.05, 4.69) is 10.6 Å². The van der Waals surface area contributed by atoms with Crippen molar-refractivity contribution >= 4 is 35.2 Å². The molecule has 31 heavy (non-hydrogen) atoms. The molecule has 2 aromatic rings. The zero-order valence-electron chi connectivity index (χ0n) is 17.3. The minimum absolute atomic E-state index is 0.206. The van der Waals surface area contributed by atoms with E-state index in [-0.39, 0.29) is 23.8 Å². The fourth-order valence-corrected chi connectivity index (χ4v) is 3.61. The van der Waals surface area contributed by atoms with Gasteiger partial charge in [-0.05, 0) is 49.2 Å². The average Bonchev–Trinajstić information content (AvgIpc) is 2.73. The maximum atomic E-state index is 12.5. The van der Waals surface area contributed by atoms with E-state index in [1.807, 2.05) is 12.1 Å². The molecule has 0 radical (unpaired) electrons. The summed E-state index contributed by atoms with van der Waals surface area (Å²) in [4.78, 5) is 24.6. The van der Waals surface area contributed by atoms with E-state index in [9.17, 15) is 9.59 Å². The molecule has 0 unspecified atom stereocenters. The lowest BCUT2D eigenvalue weighted by Gasteiger charge is -2.28. The van der Waals surface area contributed by atoms with Crippen molar-refractivity contribution < 1.29 is 23.8 Å². The summed E-state index contributed by atoms with van der Waals surface area (Å²) in [5.41, 5.74) is 2.15. The van der Waals surface area contributed by atoms with Gasteiger partial charge in [-0.15, -0.1) is 0 Å². The number of amides is 2. The van der Waals surface area contributed by atoms with Gasteiger partial charge < -0.3 is 24.8 Å². The number of rotatable bonds is 7. The first-order chi connectivity index (χ1) is 14.8. The van der Waals surface area contributed by atoms with Crippen LogP contribution in [0.1, 0.15) is 31.0 Å². The molecule has 0 saturated heterocycles. The van der Waals surface area contributed by atoms with Crippen LogP contribution in [0.5, 0.6) is 11.5 Å². The topological polar surface area (TPSA) is 85.9 Å². The van der Waals surface area contributed by atoms with Crippen molar-refractivity contribution in [3.8, 4) is 11.5 Å². The zero-order valence-corrected chi connectivity index (χ0v) is 18.8. The van der Waals surface area contributed by atoms with Crippen LogP contribution in [0.4, 0.5) is 4.79 Å². The molecule has 2 N–H and O–H groups in total. The Balaban J connectivity index is 1.93. The fourth-order valence-electron chi connectivity index (χ4n) is 3.21. The summed E-state index contributed by atoms with van der Waals surface area (Å²) in [7, 11) is 1.49. The second-order valence-corrected chi connectivity index (χ2v) is 7.58. The number of halogens is 2. The molecule has 1 atom stereocenters. The summed E-state index contributed by atoms with van der Waals surface area (Å²) in [6.07, 6.45) is 0. The molecule has 2 aromatic carbocycles. The van der Waals surface area contributed by atoms with Gasteiger partial charge in [0.1, 0.15) is 6.61 Å². The first kappa shape index (κ1) is 22.8. The fraction of sp³-hybridized carbons (Fsp3) is 0.273. The summed E-state index contributed by atoms with van der Waals surface area (Å²) in [5.74, 6) is 0.183. The summed E-state index contributed by atoms with van der Waals surface area (Å²) >= 11 is 12.4. The molecule has 0 saturated carbocycles. The van der Waals surface area contributed by atoms with Gasteiger partial charge in [0.2, 0.25) is 0 Å². The molecule has 0 bridgehead atoms. The van der Waals surface area contributed by atoms with Crippen LogP contribution in [-0.2, 0) is 16.1 Å². The highest BCUT2D eigenvalue weighted by Crippen LogP contribution is 2.40. The largest absolute Gasteiger partial charge is 0.493 e. The lowest BCUT2D eigenvalue weighted by atomic mass is 9.95. The Kier molecular flexibility index (Phi) is 7.30. The Labute approximate surface area is 190 Å². The highest BCUT2D eigenvalue weighted by Gasteiger charge is 2.33. The maximum absolute atomic E-state index is 12.5. The highest BCUT2D eigenvalue weighted by molar-refractivity contribution is 6.32. The maximum Gasteiger partial charge on any atom is 0.338 e. The van der Waals surface area contributed by atoms with Crippen LogP contribution in [-0.4, -0.2) is 25.7 Å². The zero-order chi connectivity index (χ0) is 22.5. The Hall–Kier alpha value is -2.90. The summed E-state index contributed by atoms with van der Waals surface area (Å²) < 4.78 is 16.5. The minimum Gasteiger partial charge on any atom is -0.493 e. The molecule has 3 rings (SSSR count). The van der Waals surface area contributed by atoms with Gasteiger partial charge in [-0.3, -0.25) is 0 Å². The molecule has 9 heteroatoms. The van der Waals surface area contributed by atoms with Crippen molar-refractivity contribution in [2.75, 3.05) is 13.7 Å². The Morgan fingerprint density at radius 1 is 1.16 bits per heavy atom.